The molecule has 2 rings (SSSR count). The van der Waals surface area contributed by atoms with Gasteiger partial charge in [-0.3, -0.25) is 9.78 Å². The molecule has 0 unspecified atom stereocenters. The van der Waals surface area contributed by atoms with Crippen molar-refractivity contribution in [3.8, 4) is 0 Å². The van der Waals surface area contributed by atoms with E-state index in [1.165, 1.54) is 17.0 Å². The average Bonchev–Trinajstić information content (AvgIpc) is 2.52. The van der Waals surface area contributed by atoms with Gasteiger partial charge in [0.15, 0.2) is 0 Å². The lowest BCUT2D eigenvalue weighted by Crippen LogP contribution is -2.43. The molecule has 1 aromatic heterocycles. The van der Waals surface area contributed by atoms with Crippen molar-refractivity contribution in [1.82, 2.24) is 4.98 Å². The number of amides is 1. The Balaban J connectivity index is 0.00000312. The summed E-state index contributed by atoms with van der Waals surface area (Å²) in [6, 6.07) is 5.89. The molecule has 1 amide bonds. The van der Waals surface area contributed by atoms with Gasteiger partial charge >= 0.3 is 0 Å². The molecular weight excluding hydrogens is 344 g/mol. The van der Waals surface area contributed by atoms with Crippen molar-refractivity contribution in [1.29, 1.82) is 0 Å². The third-order valence-corrected chi connectivity index (χ3v) is 3.78. The highest BCUT2D eigenvalue weighted by atomic mass is 32.1. The fourth-order valence-electron chi connectivity index (χ4n) is 2.38. The zero-order valence-corrected chi connectivity index (χ0v) is 15.5. The van der Waals surface area contributed by atoms with Crippen molar-refractivity contribution in [3.05, 3.63) is 59.4 Å². The topological polar surface area (TPSA) is 59.2 Å². The van der Waals surface area contributed by atoms with Crippen LogP contribution in [0.2, 0.25) is 0 Å². The smallest absolute Gasteiger partial charge is 0.244 e. The first-order valence-corrected chi connectivity index (χ1v) is 7.72. The number of halogens is 2. The molecule has 136 valence electrons. The SMILES string of the molecule is CC(C)c1ccc(N(C)C(=O)[C@@H](N)Cc2cc(F)cc(F)c2)cn1.S. The first kappa shape index (κ1) is 21.1. The number of hydrogen-bond donors (Lipinski definition) is 1. The van der Waals surface area contributed by atoms with Crippen molar-refractivity contribution < 1.29 is 13.6 Å². The van der Waals surface area contributed by atoms with Crippen LogP contribution in [-0.2, 0) is 11.2 Å². The zero-order chi connectivity index (χ0) is 17.9. The predicted molar refractivity (Wildman–Crippen MR) is 100 cm³/mol. The average molecular weight is 367 g/mol. The van der Waals surface area contributed by atoms with E-state index in [2.05, 4.69) is 4.98 Å². The number of hydrogen-bond acceptors (Lipinski definition) is 3. The Morgan fingerprint density at radius 1 is 1.20 bits per heavy atom. The van der Waals surface area contributed by atoms with Crippen LogP contribution < -0.4 is 10.6 Å². The van der Waals surface area contributed by atoms with Gasteiger partial charge in [0.25, 0.3) is 0 Å². The molecule has 0 saturated heterocycles. The van der Waals surface area contributed by atoms with Crippen LogP contribution in [0.4, 0.5) is 14.5 Å². The highest BCUT2D eigenvalue weighted by Crippen LogP contribution is 2.17. The maximum absolute atomic E-state index is 13.2. The Kier molecular flexibility index (Phi) is 7.51. The summed E-state index contributed by atoms with van der Waals surface area (Å²) in [5.74, 6) is -1.43. The van der Waals surface area contributed by atoms with Gasteiger partial charge in [0, 0.05) is 18.8 Å². The molecule has 0 fully saturated rings. The molecule has 0 radical (unpaired) electrons. The van der Waals surface area contributed by atoms with Crippen LogP contribution in [-0.4, -0.2) is 24.0 Å². The van der Waals surface area contributed by atoms with E-state index in [0.29, 0.717) is 17.2 Å². The van der Waals surface area contributed by atoms with Crippen LogP contribution in [0.15, 0.2) is 36.5 Å². The monoisotopic (exact) mass is 367 g/mol. The summed E-state index contributed by atoms with van der Waals surface area (Å²) >= 11 is 0. The Hall–Kier alpha value is -1.99. The second-order valence-corrected chi connectivity index (χ2v) is 6.08. The molecule has 0 spiro atoms. The van der Waals surface area contributed by atoms with Gasteiger partial charge in [-0.2, -0.15) is 13.5 Å². The van der Waals surface area contributed by atoms with Crippen molar-refractivity contribution in [2.45, 2.75) is 32.2 Å². The number of anilines is 1. The summed E-state index contributed by atoms with van der Waals surface area (Å²) in [5.41, 5.74) is 7.80. The fourth-order valence-corrected chi connectivity index (χ4v) is 2.38. The Morgan fingerprint density at radius 2 is 1.80 bits per heavy atom. The minimum absolute atomic E-state index is 0. The Labute approximate surface area is 153 Å². The minimum atomic E-state index is -0.902. The highest BCUT2D eigenvalue weighted by Gasteiger charge is 2.20. The van der Waals surface area contributed by atoms with Crippen molar-refractivity contribution >= 4 is 25.1 Å². The third-order valence-electron chi connectivity index (χ3n) is 3.78. The van der Waals surface area contributed by atoms with Gasteiger partial charge in [-0.1, -0.05) is 13.8 Å². The van der Waals surface area contributed by atoms with E-state index in [-0.39, 0.29) is 25.8 Å². The number of aromatic nitrogens is 1. The number of nitrogens with zero attached hydrogens (tertiary/aromatic N) is 2. The van der Waals surface area contributed by atoms with Gasteiger partial charge in [0.1, 0.15) is 11.6 Å². The maximum Gasteiger partial charge on any atom is 0.244 e. The van der Waals surface area contributed by atoms with Crippen LogP contribution in [0.3, 0.4) is 0 Å². The van der Waals surface area contributed by atoms with Crippen LogP contribution in [0.1, 0.15) is 31.0 Å². The van der Waals surface area contributed by atoms with Crippen LogP contribution in [0.5, 0.6) is 0 Å². The maximum atomic E-state index is 13.2. The molecule has 4 nitrogen and oxygen atoms in total. The minimum Gasteiger partial charge on any atom is -0.320 e. The highest BCUT2D eigenvalue weighted by molar-refractivity contribution is 7.59. The molecule has 0 bridgehead atoms. The number of nitrogens with two attached hydrogens (primary N) is 1. The van der Waals surface area contributed by atoms with Crippen LogP contribution >= 0.6 is 13.5 Å². The van der Waals surface area contributed by atoms with Crippen molar-refractivity contribution in [2.75, 3.05) is 11.9 Å². The van der Waals surface area contributed by atoms with Gasteiger partial charge < -0.3 is 10.6 Å². The Bertz CT molecular complexity index is 703. The molecule has 0 aliphatic carbocycles. The summed E-state index contributed by atoms with van der Waals surface area (Å²) in [6.07, 6.45) is 1.66. The molecule has 0 aliphatic rings. The molecular formula is C18H23F2N3OS. The molecule has 25 heavy (non-hydrogen) atoms. The van der Waals surface area contributed by atoms with Gasteiger partial charge in [-0.25, -0.2) is 8.78 Å². The normalized spacial score (nSPS) is 11.8. The van der Waals surface area contributed by atoms with Gasteiger partial charge in [0.2, 0.25) is 5.91 Å². The standard InChI is InChI=1S/C18H21F2N3O.H2S/c1-11(2)17-5-4-15(10-22-17)23(3)18(24)16(21)8-12-6-13(19)9-14(20)7-12;/h4-7,9-11,16H,8,21H2,1-3H3;1H2/t16-;/m0./s1. The van der Waals surface area contributed by atoms with Crippen molar-refractivity contribution in [3.63, 3.8) is 0 Å². The Morgan fingerprint density at radius 3 is 2.28 bits per heavy atom. The first-order chi connectivity index (χ1) is 11.3. The molecule has 1 aromatic carbocycles. The van der Waals surface area contributed by atoms with E-state index in [1.807, 2.05) is 19.9 Å². The lowest BCUT2D eigenvalue weighted by Gasteiger charge is -2.21. The van der Waals surface area contributed by atoms with Crippen molar-refractivity contribution in [2.24, 2.45) is 5.73 Å². The first-order valence-electron chi connectivity index (χ1n) is 7.72. The molecule has 1 heterocycles. The molecule has 2 N–H and O–H groups in total. The van der Waals surface area contributed by atoms with Gasteiger partial charge in [-0.05, 0) is 42.2 Å². The summed E-state index contributed by atoms with van der Waals surface area (Å²) in [6.45, 7) is 4.07. The van der Waals surface area contributed by atoms with E-state index in [4.69, 9.17) is 5.73 Å². The van der Waals surface area contributed by atoms with Crippen LogP contribution in [0.25, 0.3) is 0 Å². The van der Waals surface area contributed by atoms with E-state index >= 15 is 0 Å². The summed E-state index contributed by atoms with van der Waals surface area (Å²) in [4.78, 5) is 18.1. The molecule has 0 saturated carbocycles. The zero-order valence-electron chi connectivity index (χ0n) is 14.5. The number of likely N-dealkylation sites (N-methyl/N-ethyl adjacent to an activating group) is 1. The third kappa shape index (κ3) is 5.51. The molecule has 7 heteroatoms. The number of benzene rings is 1. The van der Waals surface area contributed by atoms with Crippen LogP contribution in [0, 0.1) is 11.6 Å². The summed E-state index contributed by atoms with van der Waals surface area (Å²) < 4.78 is 26.4. The number of carbonyl (C=O) groups excluding carboxylic acids is 1. The number of carbonyl (C=O) groups is 1. The van der Waals surface area contributed by atoms with Gasteiger partial charge in [0.05, 0.1) is 17.9 Å². The predicted octanol–water partition coefficient (Wildman–Crippen LogP) is 3.13. The number of pyridine rings is 1. The second-order valence-electron chi connectivity index (χ2n) is 6.08. The molecule has 0 aliphatic heterocycles. The largest absolute Gasteiger partial charge is 0.320 e. The van der Waals surface area contributed by atoms with E-state index in [1.54, 1.807) is 19.3 Å². The van der Waals surface area contributed by atoms with E-state index in [9.17, 15) is 13.6 Å². The summed E-state index contributed by atoms with van der Waals surface area (Å²) in [7, 11) is 1.60. The van der Waals surface area contributed by atoms with Gasteiger partial charge in [-0.15, -0.1) is 0 Å². The lowest BCUT2D eigenvalue weighted by atomic mass is 10.0. The number of rotatable bonds is 5. The second kappa shape index (κ2) is 8.92. The lowest BCUT2D eigenvalue weighted by molar-refractivity contribution is -0.119. The quantitative estimate of drug-likeness (QED) is 0.883. The molecule has 1 atom stereocenters. The van der Waals surface area contributed by atoms with E-state index in [0.717, 1.165) is 11.8 Å². The molecule has 2 aromatic rings. The van der Waals surface area contributed by atoms with E-state index < -0.39 is 17.7 Å². The summed E-state index contributed by atoms with van der Waals surface area (Å²) in [5, 5.41) is 0. The fraction of sp³-hybridized carbons (Fsp3) is 0.333.